The van der Waals surface area contributed by atoms with Gasteiger partial charge in [-0.1, -0.05) is 12.2 Å². The molecule has 1 heterocycles. The lowest BCUT2D eigenvalue weighted by Crippen LogP contribution is -2.47. The van der Waals surface area contributed by atoms with Crippen LogP contribution in [0.5, 0.6) is 0 Å². The normalized spacial score (nSPS) is 21.8. The molecule has 3 unspecified atom stereocenters. The molecular weight excluding hydrogens is 276 g/mol. The molecule has 0 radical (unpaired) electrons. The van der Waals surface area contributed by atoms with Crippen molar-refractivity contribution in [1.82, 2.24) is 10.6 Å². The van der Waals surface area contributed by atoms with E-state index in [9.17, 15) is 14.4 Å². The molecule has 1 aromatic rings. The van der Waals surface area contributed by atoms with E-state index in [4.69, 9.17) is 9.52 Å². The Balaban J connectivity index is 1.82. The Morgan fingerprint density at radius 1 is 1.38 bits per heavy atom. The molecule has 0 spiro atoms. The van der Waals surface area contributed by atoms with Crippen molar-refractivity contribution in [3.63, 3.8) is 0 Å². The second kappa shape index (κ2) is 6.25. The Hall–Kier alpha value is -2.57. The zero-order valence-corrected chi connectivity index (χ0v) is 11.4. The SMILES string of the molecule is CC(NC(=O)c1ccco1)C(=O)NC1C=CC(C(=O)O)C1. The van der Waals surface area contributed by atoms with Crippen LogP contribution in [0.15, 0.2) is 35.0 Å². The average molecular weight is 292 g/mol. The molecule has 0 aromatic carbocycles. The Morgan fingerprint density at radius 3 is 2.71 bits per heavy atom. The van der Waals surface area contributed by atoms with Gasteiger partial charge >= 0.3 is 5.97 Å². The molecule has 2 rings (SSSR count). The van der Waals surface area contributed by atoms with Crippen LogP contribution in [0.4, 0.5) is 0 Å². The lowest BCUT2D eigenvalue weighted by molar-refractivity contribution is -0.140. The number of nitrogens with one attached hydrogen (secondary N) is 2. The van der Waals surface area contributed by atoms with Crippen molar-refractivity contribution >= 4 is 17.8 Å². The number of aliphatic carboxylic acids is 1. The fourth-order valence-electron chi connectivity index (χ4n) is 2.04. The van der Waals surface area contributed by atoms with Crippen molar-refractivity contribution in [2.75, 3.05) is 0 Å². The lowest BCUT2D eigenvalue weighted by Gasteiger charge is -2.17. The molecule has 0 bridgehead atoms. The maximum atomic E-state index is 11.9. The fourth-order valence-corrected chi connectivity index (χ4v) is 2.04. The van der Waals surface area contributed by atoms with Gasteiger partial charge in [-0.3, -0.25) is 14.4 Å². The first kappa shape index (κ1) is 14.8. The van der Waals surface area contributed by atoms with Crippen LogP contribution in [0.1, 0.15) is 23.9 Å². The lowest BCUT2D eigenvalue weighted by atomic mass is 10.1. The van der Waals surface area contributed by atoms with Gasteiger partial charge in [-0.25, -0.2) is 0 Å². The summed E-state index contributed by atoms with van der Waals surface area (Å²) in [6.45, 7) is 1.55. The summed E-state index contributed by atoms with van der Waals surface area (Å²) in [4.78, 5) is 34.5. The van der Waals surface area contributed by atoms with Gasteiger partial charge in [-0.2, -0.15) is 0 Å². The first-order valence-electron chi connectivity index (χ1n) is 6.53. The van der Waals surface area contributed by atoms with Gasteiger partial charge in [0.05, 0.1) is 12.2 Å². The van der Waals surface area contributed by atoms with Gasteiger partial charge in [0, 0.05) is 6.04 Å². The molecule has 0 fully saturated rings. The number of furan rings is 1. The highest BCUT2D eigenvalue weighted by molar-refractivity contribution is 5.95. The summed E-state index contributed by atoms with van der Waals surface area (Å²) in [5.74, 6) is -2.23. The van der Waals surface area contributed by atoms with Crippen molar-refractivity contribution in [2.45, 2.75) is 25.4 Å². The molecule has 21 heavy (non-hydrogen) atoms. The van der Waals surface area contributed by atoms with E-state index >= 15 is 0 Å². The molecule has 0 saturated carbocycles. The number of amides is 2. The summed E-state index contributed by atoms with van der Waals surface area (Å²) in [7, 11) is 0. The number of hydrogen-bond acceptors (Lipinski definition) is 4. The van der Waals surface area contributed by atoms with E-state index in [1.54, 1.807) is 25.1 Å². The molecule has 0 saturated heterocycles. The average Bonchev–Trinajstić information content (AvgIpc) is 3.09. The molecule has 3 N–H and O–H groups in total. The maximum absolute atomic E-state index is 11.9. The summed E-state index contributed by atoms with van der Waals surface area (Å²) in [6, 6.07) is 1.99. The largest absolute Gasteiger partial charge is 0.481 e. The molecule has 1 aliphatic rings. The zero-order valence-electron chi connectivity index (χ0n) is 11.4. The van der Waals surface area contributed by atoms with Gasteiger partial charge in [0.1, 0.15) is 6.04 Å². The van der Waals surface area contributed by atoms with E-state index < -0.39 is 23.8 Å². The highest BCUT2D eigenvalue weighted by atomic mass is 16.4. The number of carbonyl (C=O) groups excluding carboxylic acids is 2. The number of rotatable bonds is 5. The van der Waals surface area contributed by atoms with Gasteiger partial charge in [-0.05, 0) is 25.5 Å². The van der Waals surface area contributed by atoms with Crippen LogP contribution in [0.2, 0.25) is 0 Å². The second-order valence-corrected chi connectivity index (χ2v) is 4.85. The molecule has 1 aromatic heterocycles. The molecule has 0 aliphatic heterocycles. The van der Waals surface area contributed by atoms with Crippen LogP contribution in [0.25, 0.3) is 0 Å². The highest BCUT2D eigenvalue weighted by Gasteiger charge is 2.27. The molecule has 3 atom stereocenters. The number of carboxylic acids is 1. The Bertz CT molecular complexity index is 564. The van der Waals surface area contributed by atoms with E-state index in [0.29, 0.717) is 6.42 Å². The third-order valence-corrected chi connectivity index (χ3v) is 3.21. The third kappa shape index (κ3) is 3.71. The van der Waals surface area contributed by atoms with E-state index in [0.717, 1.165) is 0 Å². The summed E-state index contributed by atoms with van der Waals surface area (Å²) >= 11 is 0. The van der Waals surface area contributed by atoms with E-state index in [-0.39, 0.29) is 17.7 Å². The fraction of sp³-hybridized carbons (Fsp3) is 0.357. The molecule has 7 nitrogen and oxygen atoms in total. The third-order valence-electron chi connectivity index (χ3n) is 3.21. The quantitative estimate of drug-likeness (QED) is 0.686. The molecular formula is C14H16N2O5. The molecule has 112 valence electrons. The standard InChI is InChI=1S/C14H16N2O5/c1-8(15-13(18)11-3-2-6-21-11)12(17)16-10-5-4-9(7-10)14(19)20/h2-6,8-10H,7H2,1H3,(H,15,18)(H,16,17)(H,19,20). The summed E-state index contributed by atoms with van der Waals surface area (Å²) < 4.78 is 4.93. The minimum absolute atomic E-state index is 0.126. The number of hydrogen-bond donors (Lipinski definition) is 3. The first-order chi connectivity index (χ1) is 9.97. The van der Waals surface area contributed by atoms with Gasteiger partial charge < -0.3 is 20.2 Å². The van der Waals surface area contributed by atoms with E-state index in [1.807, 2.05) is 0 Å². The van der Waals surface area contributed by atoms with Gasteiger partial charge in [0.2, 0.25) is 5.91 Å². The van der Waals surface area contributed by atoms with Crippen molar-refractivity contribution in [3.8, 4) is 0 Å². The van der Waals surface area contributed by atoms with Gasteiger partial charge in [-0.15, -0.1) is 0 Å². The molecule has 1 aliphatic carbocycles. The predicted molar refractivity (Wildman–Crippen MR) is 72.4 cm³/mol. The van der Waals surface area contributed by atoms with Gasteiger partial charge in [0.15, 0.2) is 5.76 Å². The van der Waals surface area contributed by atoms with E-state index in [1.165, 1.54) is 12.3 Å². The maximum Gasteiger partial charge on any atom is 0.310 e. The van der Waals surface area contributed by atoms with E-state index in [2.05, 4.69) is 10.6 Å². The van der Waals surface area contributed by atoms with Crippen LogP contribution in [-0.4, -0.2) is 35.0 Å². The molecule has 2 amide bonds. The van der Waals surface area contributed by atoms with Crippen LogP contribution < -0.4 is 10.6 Å². The van der Waals surface area contributed by atoms with Crippen molar-refractivity contribution < 1.29 is 23.9 Å². The summed E-state index contributed by atoms with van der Waals surface area (Å²) in [6.07, 6.45) is 4.89. The second-order valence-electron chi connectivity index (χ2n) is 4.85. The highest BCUT2D eigenvalue weighted by Crippen LogP contribution is 2.17. The smallest absolute Gasteiger partial charge is 0.310 e. The van der Waals surface area contributed by atoms with Crippen molar-refractivity contribution in [2.24, 2.45) is 5.92 Å². The van der Waals surface area contributed by atoms with Crippen LogP contribution >= 0.6 is 0 Å². The van der Waals surface area contributed by atoms with Crippen molar-refractivity contribution in [3.05, 3.63) is 36.3 Å². The number of carboxylic acid groups (broad SMARTS) is 1. The summed E-state index contributed by atoms with van der Waals surface area (Å²) in [5.41, 5.74) is 0. The zero-order chi connectivity index (χ0) is 15.4. The number of carbonyl (C=O) groups is 3. The van der Waals surface area contributed by atoms with Crippen molar-refractivity contribution in [1.29, 1.82) is 0 Å². The minimum atomic E-state index is -0.915. The van der Waals surface area contributed by atoms with Gasteiger partial charge in [0.25, 0.3) is 5.91 Å². The Labute approximate surface area is 121 Å². The van der Waals surface area contributed by atoms with Crippen LogP contribution in [-0.2, 0) is 9.59 Å². The molecule has 7 heteroatoms. The first-order valence-corrected chi connectivity index (χ1v) is 6.53. The topological polar surface area (TPSA) is 109 Å². The summed E-state index contributed by atoms with van der Waals surface area (Å²) in [5, 5.41) is 14.1. The van der Waals surface area contributed by atoms with Crippen LogP contribution in [0, 0.1) is 5.92 Å². The van der Waals surface area contributed by atoms with Crippen LogP contribution in [0.3, 0.4) is 0 Å². The predicted octanol–water partition coefficient (Wildman–Crippen LogP) is 0.543. The monoisotopic (exact) mass is 292 g/mol. The Morgan fingerprint density at radius 2 is 2.14 bits per heavy atom. The minimum Gasteiger partial charge on any atom is -0.481 e. The Kier molecular flexibility index (Phi) is 4.42.